The quantitative estimate of drug-likeness (QED) is 0.812. The van der Waals surface area contributed by atoms with Crippen molar-refractivity contribution in [3.05, 3.63) is 33.4 Å². The third kappa shape index (κ3) is 2.49. The second-order valence-corrected chi connectivity index (χ2v) is 3.94. The number of aromatic amines is 1. The van der Waals surface area contributed by atoms with Gasteiger partial charge in [-0.05, 0) is 52.1 Å². The molecule has 2 N–H and O–H groups in total. The molecule has 0 saturated heterocycles. The van der Waals surface area contributed by atoms with Crippen molar-refractivity contribution in [1.82, 2.24) is 20.6 Å². The molecule has 1 aromatic heterocycles. The third-order valence-corrected chi connectivity index (χ3v) is 2.40. The van der Waals surface area contributed by atoms with E-state index in [1.54, 1.807) is 12.1 Å². The van der Waals surface area contributed by atoms with E-state index in [1.165, 1.54) is 0 Å². The first-order valence-corrected chi connectivity index (χ1v) is 5.14. The molecule has 0 aliphatic carbocycles. The fraction of sp³-hybridized carbons (Fsp3) is 0. The number of benzene rings is 1. The summed E-state index contributed by atoms with van der Waals surface area (Å²) < 4.78 is 1.07. The van der Waals surface area contributed by atoms with Crippen molar-refractivity contribution < 1.29 is 4.79 Å². The van der Waals surface area contributed by atoms with Gasteiger partial charge < -0.3 is 0 Å². The number of carbonyl (C=O) groups is 1. The minimum atomic E-state index is -0.257. The molecule has 0 atom stereocenters. The van der Waals surface area contributed by atoms with E-state index in [-0.39, 0.29) is 11.9 Å². The molecule has 2 aromatic rings. The van der Waals surface area contributed by atoms with Crippen molar-refractivity contribution in [2.75, 3.05) is 5.32 Å². The fourth-order valence-electron chi connectivity index (χ4n) is 0.990. The molecule has 0 aliphatic heterocycles. The van der Waals surface area contributed by atoms with Crippen molar-refractivity contribution in [1.29, 1.82) is 0 Å². The van der Waals surface area contributed by atoms with Gasteiger partial charge in [0.2, 0.25) is 0 Å². The highest BCUT2D eigenvalue weighted by Crippen LogP contribution is 2.07. The number of carbonyl (C=O) groups excluding carboxylic acids is 1. The van der Waals surface area contributed by atoms with Gasteiger partial charge in [0.05, 0.1) is 0 Å². The molecule has 0 fully saturated rings. The number of aromatic nitrogens is 4. The van der Waals surface area contributed by atoms with Crippen LogP contribution in [0, 0.1) is 3.57 Å². The Morgan fingerprint density at radius 2 is 2.07 bits per heavy atom. The lowest BCUT2D eigenvalue weighted by Gasteiger charge is -1.99. The van der Waals surface area contributed by atoms with Gasteiger partial charge in [0.1, 0.15) is 0 Å². The summed E-state index contributed by atoms with van der Waals surface area (Å²) in [7, 11) is 0. The van der Waals surface area contributed by atoms with E-state index >= 15 is 0 Å². The van der Waals surface area contributed by atoms with E-state index < -0.39 is 0 Å². The SMILES string of the molecule is O=C(Nc1nn[nH]n1)c1ccc(I)cc1. The van der Waals surface area contributed by atoms with Gasteiger partial charge in [0, 0.05) is 9.13 Å². The number of tetrazole rings is 1. The van der Waals surface area contributed by atoms with E-state index in [0.29, 0.717) is 5.56 Å². The molecule has 76 valence electrons. The predicted octanol–water partition coefficient (Wildman–Crippen LogP) is 1.06. The van der Waals surface area contributed by atoms with Crippen molar-refractivity contribution in [3.63, 3.8) is 0 Å². The Morgan fingerprint density at radius 1 is 1.33 bits per heavy atom. The van der Waals surface area contributed by atoms with Crippen LogP contribution in [0.1, 0.15) is 10.4 Å². The van der Waals surface area contributed by atoms with Crippen molar-refractivity contribution >= 4 is 34.4 Å². The van der Waals surface area contributed by atoms with Crippen LogP contribution >= 0.6 is 22.6 Å². The number of halogens is 1. The Morgan fingerprint density at radius 3 is 2.67 bits per heavy atom. The number of rotatable bonds is 2. The molecule has 15 heavy (non-hydrogen) atoms. The van der Waals surface area contributed by atoms with Gasteiger partial charge in [-0.2, -0.15) is 5.21 Å². The summed E-state index contributed by atoms with van der Waals surface area (Å²) >= 11 is 2.17. The molecule has 0 aliphatic rings. The molecule has 1 amide bonds. The Balaban J connectivity index is 2.11. The Bertz CT molecular complexity index is 452. The topological polar surface area (TPSA) is 83.6 Å². The van der Waals surface area contributed by atoms with Crippen LogP contribution in [0.4, 0.5) is 5.95 Å². The number of nitrogens with one attached hydrogen (secondary N) is 2. The monoisotopic (exact) mass is 315 g/mol. The highest BCUT2D eigenvalue weighted by atomic mass is 127. The average molecular weight is 315 g/mol. The van der Waals surface area contributed by atoms with Crippen molar-refractivity contribution in [3.8, 4) is 0 Å². The second kappa shape index (κ2) is 4.34. The molecule has 0 unspecified atom stereocenters. The predicted molar refractivity (Wildman–Crippen MR) is 61.3 cm³/mol. The van der Waals surface area contributed by atoms with Crippen molar-refractivity contribution in [2.24, 2.45) is 0 Å². The Labute approximate surface area is 98.6 Å². The zero-order chi connectivity index (χ0) is 10.7. The summed E-state index contributed by atoms with van der Waals surface area (Å²) in [5.41, 5.74) is 0.556. The molecule has 0 saturated carbocycles. The van der Waals surface area contributed by atoms with E-state index in [0.717, 1.165) is 3.57 Å². The lowest BCUT2D eigenvalue weighted by molar-refractivity contribution is 0.102. The highest BCUT2D eigenvalue weighted by molar-refractivity contribution is 14.1. The van der Waals surface area contributed by atoms with E-state index in [1.807, 2.05) is 12.1 Å². The number of anilines is 1. The van der Waals surface area contributed by atoms with Gasteiger partial charge in [0.15, 0.2) is 0 Å². The number of nitrogens with zero attached hydrogens (tertiary/aromatic N) is 3. The maximum absolute atomic E-state index is 11.6. The first-order valence-electron chi connectivity index (χ1n) is 4.06. The second-order valence-electron chi connectivity index (χ2n) is 2.70. The third-order valence-electron chi connectivity index (χ3n) is 1.68. The zero-order valence-corrected chi connectivity index (χ0v) is 9.59. The van der Waals surface area contributed by atoms with Gasteiger partial charge in [-0.3, -0.25) is 10.1 Å². The van der Waals surface area contributed by atoms with Crippen LogP contribution in [0.2, 0.25) is 0 Å². The Hall–Kier alpha value is -1.51. The molecule has 6 nitrogen and oxygen atoms in total. The van der Waals surface area contributed by atoms with Gasteiger partial charge in [-0.1, -0.05) is 5.10 Å². The standard InChI is InChI=1S/C8H6IN5O/c9-6-3-1-5(2-4-6)7(15)10-8-11-13-14-12-8/h1-4H,(H2,10,11,12,13,14,15). The van der Waals surface area contributed by atoms with Crippen LogP contribution in [0.5, 0.6) is 0 Å². The summed E-state index contributed by atoms with van der Waals surface area (Å²) in [5.74, 6) is -0.0913. The number of H-pyrrole nitrogens is 1. The number of hydrogen-bond donors (Lipinski definition) is 2. The first kappa shape index (κ1) is 10.0. The molecule has 1 aromatic carbocycles. The van der Waals surface area contributed by atoms with Crippen LogP contribution < -0.4 is 5.32 Å². The molecule has 0 spiro atoms. The maximum Gasteiger partial charge on any atom is 0.270 e. The molecule has 2 rings (SSSR count). The van der Waals surface area contributed by atoms with Gasteiger partial charge in [-0.15, -0.1) is 5.10 Å². The van der Waals surface area contributed by atoms with Crippen LogP contribution in [0.25, 0.3) is 0 Å². The van der Waals surface area contributed by atoms with Gasteiger partial charge in [-0.25, -0.2) is 0 Å². The zero-order valence-electron chi connectivity index (χ0n) is 7.44. The van der Waals surface area contributed by atoms with Crippen LogP contribution in [0.3, 0.4) is 0 Å². The molecule has 1 heterocycles. The van der Waals surface area contributed by atoms with E-state index in [4.69, 9.17) is 0 Å². The van der Waals surface area contributed by atoms with Crippen molar-refractivity contribution in [2.45, 2.75) is 0 Å². The molecular formula is C8H6IN5O. The molecule has 0 bridgehead atoms. The lowest BCUT2D eigenvalue weighted by Crippen LogP contribution is -2.12. The average Bonchev–Trinajstić information content (AvgIpc) is 2.71. The summed E-state index contributed by atoms with van der Waals surface area (Å²) in [6, 6.07) is 7.17. The van der Waals surface area contributed by atoms with Gasteiger partial charge >= 0.3 is 0 Å². The number of hydrogen-bond acceptors (Lipinski definition) is 4. The Kier molecular flexibility index (Phi) is 2.90. The van der Waals surface area contributed by atoms with E-state index in [2.05, 4.69) is 48.5 Å². The highest BCUT2D eigenvalue weighted by Gasteiger charge is 2.07. The fourth-order valence-corrected chi connectivity index (χ4v) is 1.35. The first-order chi connectivity index (χ1) is 7.25. The lowest BCUT2D eigenvalue weighted by atomic mass is 10.2. The summed E-state index contributed by atoms with van der Waals surface area (Å²) in [4.78, 5) is 11.6. The van der Waals surface area contributed by atoms with Gasteiger partial charge in [0.25, 0.3) is 11.9 Å². The van der Waals surface area contributed by atoms with Crippen LogP contribution in [0.15, 0.2) is 24.3 Å². The largest absolute Gasteiger partial charge is 0.288 e. The molecule has 0 radical (unpaired) electrons. The minimum absolute atomic E-state index is 0.165. The molecule has 7 heteroatoms. The summed E-state index contributed by atoms with van der Waals surface area (Å²) in [6.45, 7) is 0. The number of amides is 1. The minimum Gasteiger partial charge on any atom is -0.288 e. The van der Waals surface area contributed by atoms with Crippen LogP contribution in [-0.4, -0.2) is 26.5 Å². The smallest absolute Gasteiger partial charge is 0.270 e. The molecular weight excluding hydrogens is 309 g/mol. The maximum atomic E-state index is 11.6. The van der Waals surface area contributed by atoms with E-state index in [9.17, 15) is 4.79 Å². The van der Waals surface area contributed by atoms with Crippen LogP contribution in [-0.2, 0) is 0 Å². The normalized spacial score (nSPS) is 9.93. The summed E-state index contributed by atoms with van der Waals surface area (Å²) in [6.07, 6.45) is 0. The summed E-state index contributed by atoms with van der Waals surface area (Å²) in [5, 5.41) is 15.3.